The minimum atomic E-state index is 0.458. The van der Waals surface area contributed by atoms with Crippen molar-refractivity contribution >= 4 is 5.71 Å². The average molecular weight is 165 g/mol. The van der Waals surface area contributed by atoms with Crippen LogP contribution in [-0.2, 0) is 0 Å². The summed E-state index contributed by atoms with van der Waals surface area (Å²) in [6.07, 6.45) is 3.96. The summed E-state index contributed by atoms with van der Waals surface area (Å²) in [6, 6.07) is 0. The molecule has 12 heavy (non-hydrogen) atoms. The first kappa shape index (κ1) is 9.04. The molecule has 0 heterocycles. The third kappa shape index (κ3) is 1.76. The molecule has 0 saturated heterocycles. The smallest absolute Gasteiger partial charge is 0.0827 e. The van der Waals surface area contributed by atoms with Gasteiger partial charge >= 0.3 is 0 Å². The maximum atomic E-state index is 8.68. The first-order valence-corrected chi connectivity index (χ1v) is 4.18. The van der Waals surface area contributed by atoms with E-state index in [0.29, 0.717) is 5.92 Å². The van der Waals surface area contributed by atoms with Crippen LogP contribution in [-0.4, -0.2) is 10.9 Å². The van der Waals surface area contributed by atoms with Crippen molar-refractivity contribution in [3.05, 3.63) is 23.8 Å². The van der Waals surface area contributed by atoms with Crippen molar-refractivity contribution in [3.63, 3.8) is 0 Å². The number of allylic oxidation sites excluding steroid dienone is 3. The number of hydrogen-bond donors (Lipinski definition) is 1. The second kappa shape index (κ2) is 3.57. The zero-order chi connectivity index (χ0) is 9.14. The number of hydrogen-bond acceptors (Lipinski definition) is 2. The van der Waals surface area contributed by atoms with Gasteiger partial charge in [-0.05, 0) is 31.8 Å². The van der Waals surface area contributed by atoms with Crippen LogP contribution in [0.15, 0.2) is 29.0 Å². The Morgan fingerprint density at radius 2 is 2.42 bits per heavy atom. The molecule has 2 heteroatoms. The molecule has 66 valence electrons. The first-order chi connectivity index (χ1) is 5.65. The lowest BCUT2D eigenvalue weighted by molar-refractivity contribution is 0.316. The Morgan fingerprint density at radius 3 is 2.92 bits per heavy atom. The fourth-order valence-electron chi connectivity index (χ4n) is 1.41. The SMILES string of the molecule is C=C(C)C1CC=C(C)/C(=N/O)C1. The van der Waals surface area contributed by atoms with Crippen LogP contribution < -0.4 is 0 Å². The van der Waals surface area contributed by atoms with Crippen LogP contribution in [0.4, 0.5) is 0 Å². The summed E-state index contributed by atoms with van der Waals surface area (Å²) >= 11 is 0. The maximum Gasteiger partial charge on any atom is 0.0827 e. The lowest BCUT2D eigenvalue weighted by atomic mass is 9.85. The standard InChI is InChI=1S/C10H15NO/c1-7(2)9-5-4-8(3)10(6-9)11-12/h4,9,12H,1,5-6H2,2-3H3/b11-10+. The molecular formula is C10H15NO. The fraction of sp³-hybridized carbons (Fsp3) is 0.500. The molecule has 0 fully saturated rings. The molecule has 1 atom stereocenters. The van der Waals surface area contributed by atoms with Crippen LogP contribution in [0.5, 0.6) is 0 Å². The van der Waals surface area contributed by atoms with E-state index in [0.717, 1.165) is 24.1 Å². The summed E-state index contributed by atoms with van der Waals surface area (Å²) in [5, 5.41) is 11.9. The van der Waals surface area contributed by atoms with Gasteiger partial charge in [0.2, 0.25) is 0 Å². The van der Waals surface area contributed by atoms with Crippen molar-refractivity contribution < 1.29 is 5.21 Å². The number of rotatable bonds is 1. The van der Waals surface area contributed by atoms with E-state index in [2.05, 4.69) is 17.8 Å². The highest BCUT2D eigenvalue weighted by atomic mass is 16.4. The minimum absolute atomic E-state index is 0.458. The van der Waals surface area contributed by atoms with Crippen molar-refractivity contribution in [2.75, 3.05) is 0 Å². The van der Waals surface area contributed by atoms with Crippen LogP contribution in [0.3, 0.4) is 0 Å². The molecular weight excluding hydrogens is 150 g/mol. The lowest BCUT2D eigenvalue weighted by Gasteiger charge is -2.21. The van der Waals surface area contributed by atoms with Crippen molar-refractivity contribution in [2.24, 2.45) is 11.1 Å². The highest BCUT2D eigenvalue weighted by Gasteiger charge is 2.18. The lowest BCUT2D eigenvalue weighted by Crippen LogP contribution is -2.15. The van der Waals surface area contributed by atoms with Crippen molar-refractivity contribution in [3.8, 4) is 0 Å². The predicted octanol–water partition coefficient (Wildman–Crippen LogP) is 2.75. The summed E-state index contributed by atoms with van der Waals surface area (Å²) in [4.78, 5) is 0. The Kier molecular flexibility index (Phi) is 2.69. The Bertz CT molecular complexity index is 251. The van der Waals surface area contributed by atoms with Crippen molar-refractivity contribution in [1.29, 1.82) is 0 Å². The molecule has 0 amide bonds. The van der Waals surface area contributed by atoms with E-state index >= 15 is 0 Å². The summed E-state index contributed by atoms with van der Waals surface area (Å²) in [6.45, 7) is 7.90. The highest BCUT2D eigenvalue weighted by molar-refractivity contribution is 6.00. The quantitative estimate of drug-likeness (QED) is 0.361. The van der Waals surface area contributed by atoms with Crippen LogP contribution in [0.25, 0.3) is 0 Å². The molecule has 1 rings (SSSR count). The molecule has 1 N–H and O–H groups in total. The molecule has 0 aliphatic heterocycles. The van der Waals surface area contributed by atoms with Gasteiger partial charge < -0.3 is 5.21 Å². The molecule has 0 spiro atoms. The Labute approximate surface area is 73.3 Å². The maximum absolute atomic E-state index is 8.68. The Morgan fingerprint density at radius 1 is 1.75 bits per heavy atom. The van der Waals surface area contributed by atoms with Crippen LogP contribution in [0.2, 0.25) is 0 Å². The van der Waals surface area contributed by atoms with E-state index in [1.165, 1.54) is 5.57 Å². The zero-order valence-electron chi connectivity index (χ0n) is 7.67. The summed E-state index contributed by atoms with van der Waals surface area (Å²) in [5.74, 6) is 0.458. The van der Waals surface area contributed by atoms with Gasteiger partial charge in [0.1, 0.15) is 0 Å². The monoisotopic (exact) mass is 165 g/mol. The van der Waals surface area contributed by atoms with Crippen LogP contribution in [0.1, 0.15) is 26.7 Å². The molecule has 0 aromatic carbocycles. The van der Waals surface area contributed by atoms with Crippen molar-refractivity contribution in [1.82, 2.24) is 0 Å². The van der Waals surface area contributed by atoms with Crippen LogP contribution >= 0.6 is 0 Å². The van der Waals surface area contributed by atoms with E-state index in [-0.39, 0.29) is 0 Å². The molecule has 1 aliphatic rings. The third-order valence-electron chi connectivity index (χ3n) is 2.42. The van der Waals surface area contributed by atoms with Gasteiger partial charge in [0.05, 0.1) is 5.71 Å². The van der Waals surface area contributed by atoms with Crippen LogP contribution in [0, 0.1) is 5.92 Å². The molecule has 0 aromatic heterocycles. The Balaban J connectivity index is 2.78. The zero-order valence-corrected chi connectivity index (χ0v) is 7.67. The largest absolute Gasteiger partial charge is 0.411 e. The van der Waals surface area contributed by atoms with Gasteiger partial charge in [0.15, 0.2) is 0 Å². The third-order valence-corrected chi connectivity index (χ3v) is 2.42. The normalized spacial score (nSPS) is 27.0. The molecule has 0 saturated carbocycles. The highest BCUT2D eigenvalue weighted by Crippen LogP contribution is 2.26. The predicted molar refractivity (Wildman–Crippen MR) is 50.5 cm³/mol. The second-order valence-electron chi connectivity index (χ2n) is 3.42. The minimum Gasteiger partial charge on any atom is -0.411 e. The van der Waals surface area contributed by atoms with E-state index in [9.17, 15) is 0 Å². The van der Waals surface area contributed by atoms with E-state index in [1.54, 1.807) is 0 Å². The van der Waals surface area contributed by atoms with Gasteiger partial charge in [-0.2, -0.15) is 0 Å². The fourth-order valence-corrected chi connectivity index (χ4v) is 1.41. The van der Waals surface area contributed by atoms with Crippen molar-refractivity contribution in [2.45, 2.75) is 26.7 Å². The van der Waals surface area contributed by atoms with Gasteiger partial charge in [0.25, 0.3) is 0 Å². The molecule has 0 bridgehead atoms. The second-order valence-corrected chi connectivity index (χ2v) is 3.42. The topological polar surface area (TPSA) is 32.6 Å². The summed E-state index contributed by atoms with van der Waals surface area (Å²) in [7, 11) is 0. The summed E-state index contributed by atoms with van der Waals surface area (Å²) in [5.41, 5.74) is 3.06. The van der Waals surface area contributed by atoms with Gasteiger partial charge in [-0.1, -0.05) is 23.4 Å². The van der Waals surface area contributed by atoms with E-state index in [4.69, 9.17) is 5.21 Å². The first-order valence-electron chi connectivity index (χ1n) is 4.18. The Hall–Kier alpha value is -1.05. The van der Waals surface area contributed by atoms with Gasteiger partial charge in [-0.15, -0.1) is 0 Å². The van der Waals surface area contributed by atoms with E-state index in [1.807, 2.05) is 13.8 Å². The molecule has 0 aromatic rings. The molecule has 1 aliphatic carbocycles. The number of oxime groups is 1. The molecule has 2 nitrogen and oxygen atoms in total. The van der Waals surface area contributed by atoms with E-state index < -0.39 is 0 Å². The summed E-state index contributed by atoms with van der Waals surface area (Å²) < 4.78 is 0. The average Bonchev–Trinajstić information content (AvgIpc) is 2.05. The molecule has 1 unspecified atom stereocenters. The van der Waals surface area contributed by atoms with Gasteiger partial charge in [-0.3, -0.25) is 0 Å². The van der Waals surface area contributed by atoms with Gasteiger partial charge in [0, 0.05) is 6.42 Å². The van der Waals surface area contributed by atoms with Gasteiger partial charge in [-0.25, -0.2) is 0 Å². The molecule has 0 radical (unpaired) electrons. The number of nitrogens with zero attached hydrogens (tertiary/aromatic N) is 1.